The zero-order valence-electron chi connectivity index (χ0n) is 12.3. The summed E-state index contributed by atoms with van der Waals surface area (Å²) in [4.78, 5) is 18.5. The summed E-state index contributed by atoms with van der Waals surface area (Å²) in [6, 6.07) is 0.00632. The molecule has 1 N–H and O–H groups in total. The van der Waals surface area contributed by atoms with Crippen molar-refractivity contribution in [2.45, 2.75) is 51.0 Å². The van der Waals surface area contributed by atoms with E-state index in [1.54, 1.807) is 0 Å². The second-order valence-corrected chi connectivity index (χ2v) is 6.92. The molecule has 0 spiro atoms. The molecule has 0 bridgehead atoms. The van der Waals surface area contributed by atoms with Crippen molar-refractivity contribution in [1.82, 2.24) is 15.0 Å². The van der Waals surface area contributed by atoms with Gasteiger partial charge < -0.3 is 9.63 Å². The maximum absolute atomic E-state index is 11.7. The Kier molecular flexibility index (Phi) is 2.86. The van der Waals surface area contributed by atoms with E-state index >= 15 is 0 Å². The summed E-state index contributed by atoms with van der Waals surface area (Å²) < 4.78 is 5.41. The number of carboxylic acids is 1. The Labute approximate surface area is 123 Å². The normalized spacial score (nSPS) is 34.0. The minimum Gasteiger partial charge on any atom is -0.481 e. The van der Waals surface area contributed by atoms with Gasteiger partial charge in [0.1, 0.15) is 0 Å². The van der Waals surface area contributed by atoms with Crippen LogP contribution in [0.2, 0.25) is 0 Å². The lowest BCUT2D eigenvalue weighted by Crippen LogP contribution is -2.36. The molecule has 2 heterocycles. The fraction of sp³-hybridized carbons (Fsp3) is 0.800. The summed E-state index contributed by atoms with van der Waals surface area (Å²) in [7, 11) is 0. The number of rotatable bonds is 4. The third-order valence-electron chi connectivity index (χ3n) is 5.63. The number of hydrogen-bond acceptors (Lipinski definition) is 5. The molecule has 1 aromatic heterocycles. The van der Waals surface area contributed by atoms with Crippen molar-refractivity contribution in [1.29, 1.82) is 0 Å². The lowest BCUT2D eigenvalue weighted by atomic mass is 9.81. The van der Waals surface area contributed by atoms with Crippen LogP contribution < -0.4 is 0 Å². The molecule has 4 rings (SSSR count). The van der Waals surface area contributed by atoms with Gasteiger partial charge in [0.15, 0.2) is 5.82 Å². The fourth-order valence-electron chi connectivity index (χ4n) is 4.05. The SMILES string of the molecule is CC(c1nc(C2CC2)no1)N1C[C@@H]2CCC[C@@]2(C(=O)O)C1. The standard InChI is InChI=1S/C15H21N3O3/c1-9(13-16-12(17-21-13)10-4-5-10)18-7-11-3-2-6-15(11,8-18)14(19)20/h9-11H,2-8H2,1H3,(H,19,20)/t9?,11-,15+/m0/s1. The monoisotopic (exact) mass is 291 g/mol. The first-order chi connectivity index (χ1) is 10.1. The van der Waals surface area contributed by atoms with E-state index in [0.29, 0.717) is 18.4 Å². The zero-order chi connectivity index (χ0) is 14.6. The maximum Gasteiger partial charge on any atom is 0.311 e. The van der Waals surface area contributed by atoms with Gasteiger partial charge in [-0.2, -0.15) is 4.98 Å². The molecule has 2 aliphatic carbocycles. The van der Waals surface area contributed by atoms with E-state index in [-0.39, 0.29) is 12.0 Å². The smallest absolute Gasteiger partial charge is 0.311 e. The molecule has 1 aliphatic heterocycles. The molecule has 21 heavy (non-hydrogen) atoms. The highest BCUT2D eigenvalue weighted by Crippen LogP contribution is 2.50. The first-order valence-corrected chi connectivity index (χ1v) is 7.91. The molecule has 2 saturated carbocycles. The minimum absolute atomic E-state index is 0.00632. The van der Waals surface area contributed by atoms with E-state index in [4.69, 9.17) is 4.52 Å². The van der Waals surface area contributed by atoms with Gasteiger partial charge in [-0.1, -0.05) is 11.6 Å². The Balaban J connectivity index is 1.52. The quantitative estimate of drug-likeness (QED) is 0.916. The highest BCUT2D eigenvalue weighted by Gasteiger charge is 2.55. The number of fused-ring (bicyclic) bond motifs is 1. The number of aliphatic carboxylic acids is 1. The Hall–Kier alpha value is -1.43. The average Bonchev–Trinajstić information content (AvgIpc) is 2.90. The predicted molar refractivity (Wildman–Crippen MR) is 73.7 cm³/mol. The summed E-state index contributed by atoms with van der Waals surface area (Å²) in [6.45, 7) is 3.48. The van der Waals surface area contributed by atoms with Crippen LogP contribution in [0.3, 0.4) is 0 Å². The van der Waals surface area contributed by atoms with Gasteiger partial charge in [0.25, 0.3) is 0 Å². The van der Waals surface area contributed by atoms with Gasteiger partial charge >= 0.3 is 5.97 Å². The molecule has 3 fully saturated rings. The summed E-state index contributed by atoms with van der Waals surface area (Å²) in [6.07, 6.45) is 5.16. The van der Waals surface area contributed by atoms with Gasteiger partial charge in [-0.25, -0.2) is 0 Å². The number of carboxylic acid groups (broad SMARTS) is 1. The van der Waals surface area contributed by atoms with Gasteiger partial charge in [0, 0.05) is 19.0 Å². The number of hydrogen-bond donors (Lipinski definition) is 1. The third-order valence-corrected chi connectivity index (χ3v) is 5.63. The second-order valence-electron chi connectivity index (χ2n) is 6.92. The lowest BCUT2D eigenvalue weighted by Gasteiger charge is -2.25. The van der Waals surface area contributed by atoms with Crippen molar-refractivity contribution < 1.29 is 14.4 Å². The van der Waals surface area contributed by atoms with E-state index in [1.165, 1.54) is 0 Å². The molecule has 3 aliphatic rings. The van der Waals surface area contributed by atoms with Crippen LogP contribution in [0.4, 0.5) is 0 Å². The average molecular weight is 291 g/mol. The molecule has 114 valence electrons. The number of nitrogens with zero attached hydrogens (tertiary/aromatic N) is 3. The van der Waals surface area contributed by atoms with Crippen LogP contribution in [-0.4, -0.2) is 39.2 Å². The van der Waals surface area contributed by atoms with Crippen molar-refractivity contribution in [3.8, 4) is 0 Å². The molecule has 1 unspecified atom stereocenters. The number of carbonyl (C=O) groups is 1. The van der Waals surface area contributed by atoms with Crippen molar-refractivity contribution in [3.63, 3.8) is 0 Å². The van der Waals surface area contributed by atoms with Gasteiger partial charge in [0.05, 0.1) is 11.5 Å². The molecule has 3 atom stereocenters. The van der Waals surface area contributed by atoms with E-state index in [0.717, 1.165) is 44.5 Å². The minimum atomic E-state index is -0.635. The fourth-order valence-corrected chi connectivity index (χ4v) is 4.05. The summed E-state index contributed by atoms with van der Waals surface area (Å²) >= 11 is 0. The number of aromatic nitrogens is 2. The molecule has 1 aromatic rings. The van der Waals surface area contributed by atoms with Gasteiger partial charge in [-0.05, 0) is 38.5 Å². The molecule has 0 amide bonds. The topological polar surface area (TPSA) is 79.5 Å². The Morgan fingerprint density at radius 1 is 1.48 bits per heavy atom. The third kappa shape index (κ3) is 1.99. The van der Waals surface area contributed by atoms with Crippen molar-refractivity contribution in [2.75, 3.05) is 13.1 Å². The Bertz CT molecular complexity index is 568. The van der Waals surface area contributed by atoms with E-state index in [9.17, 15) is 9.90 Å². The Morgan fingerprint density at radius 3 is 2.95 bits per heavy atom. The zero-order valence-corrected chi connectivity index (χ0v) is 12.3. The Morgan fingerprint density at radius 2 is 2.29 bits per heavy atom. The van der Waals surface area contributed by atoms with Crippen LogP contribution >= 0.6 is 0 Å². The van der Waals surface area contributed by atoms with Crippen LogP contribution in [0.15, 0.2) is 4.52 Å². The second kappa shape index (κ2) is 4.53. The highest BCUT2D eigenvalue weighted by atomic mass is 16.5. The maximum atomic E-state index is 11.7. The molecule has 0 radical (unpaired) electrons. The molecular formula is C15H21N3O3. The molecular weight excluding hydrogens is 270 g/mol. The van der Waals surface area contributed by atoms with E-state index < -0.39 is 11.4 Å². The van der Waals surface area contributed by atoms with E-state index in [2.05, 4.69) is 15.0 Å². The van der Waals surface area contributed by atoms with Crippen LogP contribution in [0.25, 0.3) is 0 Å². The van der Waals surface area contributed by atoms with Crippen molar-refractivity contribution in [2.24, 2.45) is 11.3 Å². The summed E-state index contributed by atoms with van der Waals surface area (Å²) in [5.74, 6) is 1.58. The van der Waals surface area contributed by atoms with Crippen LogP contribution in [-0.2, 0) is 4.79 Å². The van der Waals surface area contributed by atoms with Gasteiger partial charge in [0.2, 0.25) is 5.89 Å². The van der Waals surface area contributed by atoms with Gasteiger partial charge in [-0.3, -0.25) is 9.69 Å². The van der Waals surface area contributed by atoms with Crippen LogP contribution in [0.5, 0.6) is 0 Å². The summed E-state index contributed by atoms with van der Waals surface area (Å²) in [5, 5.41) is 13.7. The lowest BCUT2D eigenvalue weighted by molar-refractivity contribution is -0.149. The molecule has 6 nitrogen and oxygen atoms in total. The van der Waals surface area contributed by atoms with E-state index in [1.807, 2.05) is 6.92 Å². The largest absolute Gasteiger partial charge is 0.481 e. The molecule has 6 heteroatoms. The van der Waals surface area contributed by atoms with Gasteiger partial charge in [-0.15, -0.1) is 0 Å². The summed E-state index contributed by atoms with van der Waals surface area (Å²) in [5.41, 5.74) is -0.548. The predicted octanol–water partition coefficient (Wildman–Crippen LogP) is 2.19. The van der Waals surface area contributed by atoms with Crippen molar-refractivity contribution in [3.05, 3.63) is 11.7 Å². The van der Waals surface area contributed by atoms with Crippen LogP contribution in [0, 0.1) is 11.3 Å². The molecule has 0 aromatic carbocycles. The van der Waals surface area contributed by atoms with Crippen molar-refractivity contribution >= 4 is 5.97 Å². The first kappa shape index (κ1) is 13.2. The highest BCUT2D eigenvalue weighted by molar-refractivity contribution is 5.76. The first-order valence-electron chi connectivity index (χ1n) is 7.91. The number of likely N-dealkylation sites (tertiary alicyclic amines) is 1. The van der Waals surface area contributed by atoms with Crippen LogP contribution in [0.1, 0.15) is 62.7 Å². The molecule has 1 saturated heterocycles.